The Kier molecular flexibility index (Phi) is 5.36. The van der Waals surface area contributed by atoms with E-state index in [-0.39, 0.29) is 28.9 Å². The Balaban J connectivity index is 1.66. The van der Waals surface area contributed by atoms with Crippen LogP contribution in [-0.2, 0) is 10.8 Å². The van der Waals surface area contributed by atoms with E-state index in [1.807, 2.05) is 11.6 Å². The standard InChI is InChI=1S/C21H32N4O2Si/c1-15-18(19(26)10-16-13-22-8-9-23-16)14-24-25(15)17-11-21(5,12-17)27-28(6,7)20(2,3)4/h8-9,13-14,17H,10-12H2,1-7H3. The molecule has 152 valence electrons. The van der Waals surface area contributed by atoms with Crippen molar-refractivity contribution in [2.24, 2.45) is 0 Å². The molecule has 2 aromatic rings. The second-order valence-corrected chi connectivity index (χ2v) is 14.5. The minimum absolute atomic E-state index is 0.0314. The fraction of sp³-hybridized carbons (Fsp3) is 0.619. The van der Waals surface area contributed by atoms with Gasteiger partial charge in [0.1, 0.15) is 0 Å². The molecule has 0 spiro atoms. The summed E-state index contributed by atoms with van der Waals surface area (Å²) in [7, 11) is -1.81. The van der Waals surface area contributed by atoms with Gasteiger partial charge in [-0.15, -0.1) is 0 Å². The molecule has 7 heteroatoms. The summed E-state index contributed by atoms with van der Waals surface area (Å²) < 4.78 is 8.67. The van der Waals surface area contributed by atoms with Crippen molar-refractivity contribution in [2.75, 3.05) is 0 Å². The van der Waals surface area contributed by atoms with E-state index in [1.54, 1.807) is 24.8 Å². The van der Waals surface area contributed by atoms with Crippen LogP contribution in [0.4, 0.5) is 0 Å². The summed E-state index contributed by atoms with van der Waals surface area (Å²) in [6.07, 6.45) is 8.65. The van der Waals surface area contributed by atoms with E-state index >= 15 is 0 Å². The monoisotopic (exact) mass is 400 g/mol. The lowest BCUT2D eigenvalue weighted by atomic mass is 9.77. The first-order valence-corrected chi connectivity index (χ1v) is 12.9. The molecule has 6 nitrogen and oxygen atoms in total. The maximum Gasteiger partial charge on any atom is 0.192 e. The third-order valence-electron chi connectivity index (χ3n) is 6.29. The van der Waals surface area contributed by atoms with Gasteiger partial charge in [-0.25, -0.2) is 0 Å². The van der Waals surface area contributed by atoms with Crippen molar-refractivity contribution in [3.05, 3.63) is 41.7 Å². The molecule has 0 radical (unpaired) electrons. The van der Waals surface area contributed by atoms with Crippen LogP contribution in [0.5, 0.6) is 0 Å². The van der Waals surface area contributed by atoms with Gasteiger partial charge in [-0.2, -0.15) is 5.10 Å². The number of aromatic nitrogens is 4. The summed E-state index contributed by atoms with van der Waals surface area (Å²) in [6, 6.07) is 0.285. The summed E-state index contributed by atoms with van der Waals surface area (Å²) in [6.45, 7) is 15.6. The highest BCUT2D eigenvalue weighted by atomic mass is 28.4. The van der Waals surface area contributed by atoms with Gasteiger partial charge >= 0.3 is 0 Å². The van der Waals surface area contributed by atoms with E-state index in [2.05, 4.69) is 55.9 Å². The van der Waals surface area contributed by atoms with Gasteiger partial charge in [-0.05, 0) is 44.8 Å². The van der Waals surface area contributed by atoms with E-state index in [0.717, 1.165) is 18.5 Å². The van der Waals surface area contributed by atoms with Crippen molar-refractivity contribution < 1.29 is 9.22 Å². The van der Waals surface area contributed by atoms with Gasteiger partial charge in [0.15, 0.2) is 14.1 Å². The Bertz CT molecular complexity index is 849. The van der Waals surface area contributed by atoms with Gasteiger partial charge in [0.25, 0.3) is 0 Å². The third-order valence-corrected chi connectivity index (χ3v) is 10.9. The fourth-order valence-corrected chi connectivity index (χ4v) is 5.41. The summed E-state index contributed by atoms with van der Waals surface area (Å²) in [5.74, 6) is 0.0314. The molecule has 0 aromatic carbocycles. The number of nitrogens with zero attached hydrogens (tertiary/aromatic N) is 4. The van der Waals surface area contributed by atoms with Gasteiger partial charge in [0, 0.05) is 24.3 Å². The summed E-state index contributed by atoms with van der Waals surface area (Å²) >= 11 is 0. The van der Waals surface area contributed by atoms with Crippen LogP contribution in [-0.4, -0.2) is 39.5 Å². The summed E-state index contributed by atoms with van der Waals surface area (Å²) in [5, 5.41) is 4.72. The molecule has 1 fully saturated rings. The van der Waals surface area contributed by atoms with E-state index in [1.165, 1.54) is 0 Å². The molecular formula is C21H32N4O2Si. The van der Waals surface area contributed by atoms with Crippen LogP contribution in [0.1, 0.15) is 68.3 Å². The van der Waals surface area contributed by atoms with E-state index in [4.69, 9.17) is 4.43 Å². The molecule has 1 saturated carbocycles. The van der Waals surface area contributed by atoms with Crippen LogP contribution in [0.3, 0.4) is 0 Å². The maximum atomic E-state index is 12.7. The van der Waals surface area contributed by atoms with Crippen molar-refractivity contribution in [2.45, 2.75) is 83.7 Å². The zero-order valence-corrected chi connectivity index (χ0v) is 19.1. The van der Waals surface area contributed by atoms with E-state index < -0.39 is 8.32 Å². The molecule has 0 atom stereocenters. The van der Waals surface area contributed by atoms with Gasteiger partial charge < -0.3 is 4.43 Å². The molecular weight excluding hydrogens is 368 g/mol. The molecule has 0 unspecified atom stereocenters. The van der Waals surface area contributed by atoms with Gasteiger partial charge in [0.2, 0.25) is 0 Å². The molecule has 0 N–H and O–H groups in total. The molecule has 0 bridgehead atoms. The first-order valence-electron chi connectivity index (χ1n) is 9.94. The van der Waals surface area contributed by atoms with Crippen LogP contribution in [0, 0.1) is 6.92 Å². The van der Waals surface area contributed by atoms with Crippen molar-refractivity contribution in [1.29, 1.82) is 0 Å². The van der Waals surface area contributed by atoms with Crippen LogP contribution in [0.25, 0.3) is 0 Å². The molecule has 0 saturated heterocycles. The average Bonchev–Trinajstić information content (AvgIpc) is 2.93. The Hall–Kier alpha value is -1.86. The van der Waals surface area contributed by atoms with Crippen LogP contribution >= 0.6 is 0 Å². The number of Topliss-reactive ketones (excluding diaryl/α,β-unsaturated/α-hetero) is 1. The van der Waals surface area contributed by atoms with E-state index in [9.17, 15) is 4.79 Å². The minimum atomic E-state index is -1.81. The number of ketones is 1. The predicted octanol–water partition coefficient (Wildman–Crippen LogP) is 4.52. The first kappa shape index (κ1) is 20.9. The first-order chi connectivity index (χ1) is 12.9. The second kappa shape index (κ2) is 7.19. The highest BCUT2D eigenvalue weighted by molar-refractivity contribution is 6.74. The van der Waals surface area contributed by atoms with Crippen molar-refractivity contribution >= 4 is 14.1 Å². The van der Waals surface area contributed by atoms with Crippen LogP contribution in [0.2, 0.25) is 18.1 Å². The lowest BCUT2D eigenvalue weighted by Crippen LogP contribution is -2.54. The van der Waals surface area contributed by atoms with Crippen molar-refractivity contribution in [3.8, 4) is 0 Å². The number of hydrogen-bond acceptors (Lipinski definition) is 5. The lowest BCUT2D eigenvalue weighted by Gasteiger charge is -2.52. The van der Waals surface area contributed by atoms with Gasteiger partial charge in [-0.1, -0.05) is 20.8 Å². The highest BCUT2D eigenvalue weighted by Gasteiger charge is 2.49. The Morgan fingerprint density at radius 3 is 2.54 bits per heavy atom. The van der Waals surface area contributed by atoms with Crippen LogP contribution in [0.15, 0.2) is 24.8 Å². The molecule has 0 amide bonds. The van der Waals surface area contributed by atoms with Gasteiger partial charge in [-0.3, -0.25) is 19.4 Å². The normalized spacial score (nSPS) is 22.8. The van der Waals surface area contributed by atoms with Crippen molar-refractivity contribution in [1.82, 2.24) is 19.7 Å². The molecule has 2 aromatic heterocycles. The lowest BCUT2D eigenvalue weighted by molar-refractivity contribution is -0.0429. The predicted molar refractivity (Wildman–Crippen MR) is 112 cm³/mol. The number of hydrogen-bond donors (Lipinski definition) is 0. The van der Waals surface area contributed by atoms with E-state index in [0.29, 0.717) is 11.3 Å². The topological polar surface area (TPSA) is 69.9 Å². The number of carbonyl (C=O) groups is 1. The van der Waals surface area contributed by atoms with Crippen LogP contribution < -0.4 is 0 Å². The molecule has 0 aliphatic heterocycles. The molecule has 3 rings (SSSR count). The number of carbonyl (C=O) groups excluding carboxylic acids is 1. The third kappa shape index (κ3) is 4.10. The minimum Gasteiger partial charge on any atom is -0.411 e. The number of rotatable bonds is 6. The molecule has 28 heavy (non-hydrogen) atoms. The molecule has 1 aliphatic rings. The van der Waals surface area contributed by atoms with Crippen molar-refractivity contribution in [3.63, 3.8) is 0 Å². The maximum absolute atomic E-state index is 12.7. The zero-order valence-electron chi connectivity index (χ0n) is 18.1. The smallest absolute Gasteiger partial charge is 0.192 e. The highest BCUT2D eigenvalue weighted by Crippen LogP contribution is 2.49. The van der Waals surface area contributed by atoms with Gasteiger partial charge in [0.05, 0.1) is 35.5 Å². The summed E-state index contributed by atoms with van der Waals surface area (Å²) in [4.78, 5) is 20.9. The Morgan fingerprint density at radius 1 is 1.29 bits per heavy atom. The Labute approximate surface area is 168 Å². The fourth-order valence-electron chi connectivity index (χ4n) is 3.71. The SMILES string of the molecule is Cc1c(C(=O)Cc2cnccn2)cnn1C1CC(C)(O[Si](C)(C)C(C)(C)C)C1. The average molecular weight is 401 g/mol. The summed E-state index contributed by atoms with van der Waals surface area (Å²) in [5.41, 5.74) is 2.17. The zero-order chi connectivity index (χ0) is 20.7. The largest absolute Gasteiger partial charge is 0.411 e. The second-order valence-electron chi connectivity index (χ2n) is 9.76. The Morgan fingerprint density at radius 2 is 1.96 bits per heavy atom. The quantitative estimate of drug-likeness (QED) is 0.526. The molecule has 2 heterocycles. The molecule has 1 aliphatic carbocycles.